The molecule has 2 aromatic rings. The number of benzene rings is 2. The van der Waals surface area contributed by atoms with Crippen LogP contribution >= 0.6 is 11.6 Å². The summed E-state index contributed by atoms with van der Waals surface area (Å²) in [6.45, 7) is -0.353. The van der Waals surface area contributed by atoms with Crippen molar-refractivity contribution >= 4 is 38.9 Å². The number of hydrogen-bond donors (Lipinski definition) is 1. The number of rotatable bonds is 2. The Morgan fingerprint density at radius 1 is 1.18 bits per heavy atom. The quantitative estimate of drug-likeness (QED) is 0.914. The van der Waals surface area contributed by atoms with Gasteiger partial charge in [0.25, 0.3) is 10.0 Å². The molecule has 1 N–H and O–H groups in total. The molecule has 1 aliphatic rings. The third-order valence-corrected chi connectivity index (χ3v) is 5.26. The normalized spacial score (nSPS) is 14.5. The first-order chi connectivity index (χ1) is 10.4. The predicted molar refractivity (Wildman–Crippen MR) is 81.0 cm³/mol. The van der Waals surface area contributed by atoms with Crippen molar-refractivity contribution in [1.82, 2.24) is 0 Å². The highest BCUT2D eigenvalue weighted by Gasteiger charge is 2.32. The van der Waals surface area contributed by atoms with Crippen LogP contribution in [0, 0.1) is 5.82 Å². The highest BCUT2D eigenvalue weighted by atomic mass is 35.5. The van der Waals surface area contributed by atoms with E-state index in [2.05, 4.69) is 5.32 Å². The second-order valence-electron chi connectivity index (χ2n) is 4.65. The van der Waals surface area contributed by atoms with Crippen LogP contribution in [0.3, 0.4) is 0 Å². The van der Waals surface area contributed by atoms with Gasteiger partial charge in [0.15, 0.2) is 0 Å². The van der Waals surface area contributed by atoms with Gasteiger partial charge in [0.1, 0.15) is 12.4 Å². The summed E-state index contributed by atoms with van der Waals surface area (Å²) in [5, 5.41) is 2.31. The van der Waals surface area contributed by atoms with Crippen LogP contribution in [0.4, 0.5) is 15.8 Å². The first kappa shape index (κ1) is 14.8. The Morgan fingerprint density at radius 3 is 2.64 bits per heavy atom. The van der Waals surface area contributed by atoms with Gasteiger partial charge in [-0.3, -0.25) is 9.10 Å². The van der Waals surface area contributed by atoms with E-state index in [1.807, 2.05) is 0 Å². The first-order valence-corrected chi connectivity index (χ1v) is 8.08. The van der Waals surface area contributed by atoms with E-state index in [9.17, 15) is 17.6 Å². The molecule has 1 amide bonds. The van der Waals surface area contributed by atoms with Gasteiger partial charge >= 0.3 is 0 Å². The monoisotopic (exact) mass is 340 g/mol. The molecule has 8 heteroatoms. The number of amides is 1. The molecule has 114 valence electrons. The summed E-state index contributed by atoms with van der Waals surface area (Å²) in [5.41, 5.74) is 0.748. The van der Waals surface area contributed by atoms with Crippen LogP contribution in [0.15, 0.2) is 47.4 Å². The van der Waals surface area contributed by atoms with Crippen molar-refractivity contribution in [1.29, 1.82) is 0 Å². The Bertz CT molecular complexity index is 870. The molecule has 0 aromatic heterocycles. The summed E-state index contributed by atoms with van der Waals surface area (Å²) in [4.78, 5) is 11.6. The zero-order valence-electron chi connectivity index (χ0n) is 11.1. The van der Waals surface area contributed by atoms with Gasteiger partial charge in [-0.1, -0.05) is 23.7 Å². The second kappa shape index (κ2) is 5.26. The van der Waals surface area contributed by atoms with Crippen LogP contribution in [0.25, 0.3) is 0 Å². The minimum absolute atomic E-state index is 0.177. The van der Waals surface area contributed by atoms with Gasteiger partial charge in [-0.15, -0.1) is 0 Å². The molecule has 0 spiro atoms. The Balaban J connectivity index is 2.13. The van der Waals surface area contributed by atoms with Crippen molar-refractivity contribution in [3.63, 3.8) is 0 Å². The molecule has 22 heavy (non-hydrogen) atoms. The summed E-state index contributed by atoms with van der Waals surface area (Å²) >= 11 is 5.65. The average Bonchev–Trinajstić information content (AvgIpc) is 2.49. The van der Waals surface area contributed by atoms with Gasteiger partial charge in [0.05, 0.1) is 21.3 Å². The molecule has 0 atom stereocenters. The fraction of sp³-hybridized carbons (Fsp3) is 0.0714. The van der Waals surface area contributed by atoms with E-state index in [4.69, 9.17) is 11.6 Å². The van der Waals surface area contributed by atoms with Crippen LogP contribution < -0.4 is 9.62 Å². The number of nitrogens with one attached hydrogen (secondary N) is 1. The molecule has 0 saturated heterocycles. The maximum Gasteiger partial charge on any atom is 0.264 e. The molecule has 2 aromatic carbocycles. The largest absolute Gasteiger partial charge is 0.323 e. The van der Waals surface area contributed by atoms with Crippen LogP contribution in [-0.4, -0.2) is 20.9 Å². The maximum atomic E-state index is 13.2. The molecular weight excluding hydrogens is 331 g/mol. The Kier molecular flexibility index (Phi) is 3.54. The van der Waals surface area contributed by atoms with Crippen LogP contribution in [0.1, 0.15) is 0 Å². The Hall–Kier alpha value is -2.12. The van der Waals surface area contributed by atoms with E-state index in [1.54, 1.807) is 24.3 Å². The zero-order chi connectivity index (χ0) is 15.9. The van der Waals surface area contributed by atoms with Crippen molar-refractivity contribution in [3.05, 3.63) is 53.3 Å². The van der Waals surface area contributed by atoms with Crippen molar-refractivity contribution in [2.24, 2.45) is 0 Å². The summed E-state index contributed by atoms with van der Waals surface area (Å²) in [6, 6.07) is 9.66. The zero-order valence-corrected chi connectivity index (χ0v) is 12.7. The third-order valence-electron chi connectivity index (χ3n) is 3.21. The molecular formula is C14H10ClFN2O3S. The lowest BCUT2D eigenvalue weighted by Crippen LogP contribution is -2.42. The lowest BCUT2D eigenvalue weighted by Gasteiger charge is -2.30. The SMILES string of the molecule is O=C1CN(S(=O)(=O)c2ccc(F)c(Cl)c2)c2ccccc2N1. The van der Waals surface area contributed by atoms with Crippen LogP contribution in [0.5, 0.6) is 0 Å². The number of carbonyl (C=O) groups excluding carboxylic acids is 1. The predicted octanol–water partition coefficient (Wildman–Crippen LogP) is 2.63. The van der Waals surface area contributed by atoms with E-state index < -0.39 is 21.7 Å². The highest BCUT2D eigenvalue weighted by Crippen LogP contribution is 2.33. The number of halogens is 2. The van der Waals surface area contributed by atoms with E-state index in [-0.39, 0.29) is 16.5 Å². The molecule has 0 bridgehead atoms. The molecule has 5 nitrogen and oxygen atoms in total. The topological polar surface area (TPSA) is 66.5 Å². The standard InChI is InChI=1S/C14H10ClFN2O3S/c15-10-7-9(5-6-11(10)16)22(20,21)18-8-14(19)17-12-3-1-2-4-13(12)18/h1-7H,8H2,(H,17,19). The molecule has 1 aliphatic heterocycles. The molecule has 0 unspecified atom stereocenters. The van der Waals surface area contributed by atoms with Gasteiger partial charge in [-0.25, -0.2) is 12.8 Å². The minimum Gasteiger partial charge on any atom is -0.323 e. The molecule has 1 heterocycles. The van der Waals surface area contributed by atoms with Gasteiger partial charge in [0, 0.05) is 0 Å². The Morgan fingerprint density at radius 2 is 1.91 bits per heavy atom. The van der Waals surface area contributed by atoms with Gasteiger partial charge in [-0.05, 0) is 30.3 Å². The van der Waals surface area contributed by atoms with Crippen molar-refractivity contribution < 1.29 is 17.6 Å². The number of para-hydroxylation sites is 2. The number of hydrogen-bond acceptors (Lipinski definition) is 3. The Labute approximate surface area is 131 Å². The van der Waals surface area contributed by atoms with Crippen LogP contribution in [0.2, 0.25) is 5.02 Å². The summed E-state index contributed by atoms with van der Waals surface area (Å²) in [6.07, 6.45) is 0. The maximum absolute atomic E-state index is 13.2. The number of nitrogens with zero attached hydrogens (tertiary/aromatic N) is 1. The van der Waals surface area contributed by atoms with Gasteiger partial charge in [-0.2, -0.15) is 0 Å². The fourth-order valence-electron chi connectivity index (χ4n) is 2.18. The second-order valence-corrected chi connectivity index (χ2v) is 6.92. The van der Waals surface area contributed by atoms with E-state index in [1.165, 1.54) is 0 Å². The smallest absolute Gasteiger partial charge is 0.264 e. The lowest BCUT2D eigenvalue weighted by atomic mass is 10.2. The van der Waals surface area contributed by atoms with Crippen molar-refractivity contribution in [2.45, 2.75) is 4.90 Å². The molecule has 0 saturated carbocycles. The first-order valence-electron chi connectivity index (χ1n) is 6.26. The molecule has 0 fully saturated rings. The highest BCUT2D eigenvalue weighted by molar-refractivity contribution is 7.92. The number of anilines is 2. The average molecular weight is 341 g/mol. The van der Waals surface area contributed by atoms with E-state index in [0.717, 1.165) is 22.5 Å². The lowest BCUT2D eigenvalue weighted by molar-refractivity contribution is -0.115. The van der Waals surface area contributed by atoms with Crippen LogP contribution in [-0.2, 0) is 14.8 Å². The minimum atomic E-state index is -4.03. The summed E-state index contributed by atoms with van der Waals surface area (Å²) in [7, 11) is -4.03. The third kappa shape index (κ3) is 2.42. The van der Waals surface area contributed by atoms with Crippen molar-refractivity contribution in [2.75, 3.05) is 16.2 Å². The molecule has 3 rings (SSSR count). The van der Waals surface area contributed by atoms with Gasteiger partial charge in [0.2, 0.25) is 5.91 Å². The summed E-state index contributed by atoms with van der Waals surface area (Å²) in [5.74, 6) is -1.16. The van der Waals surface area contributed by atoms with Gasteiger partial charge < -0.3 is 5.32 Å². The molecule has 0 radical (unpaired) electrons. The number of fused-ring (bicyclic) bond motifs is 1. The summed E-state index contributed by atoms with van der Waals surface area (Å²) < 4.78 is 39.7. The fourth-order valence-corrected chi connectivity index (χ4v) is 3.89. The van der Waals surface area contributed by atoms with E-state index in [0.29, 0.717) is 11.4 Å². The number of carbonyl (C=O) groups is 1. The molecule has 0 aliphatic carbocycles. The van der Waals surface area contributed by atoms with Crippen molar-refractivity contribution in [3.8, 4) is 0 Å². The number of sulfonamides is 1. The van der Waals surface area contributed by atoms with E-state index >= 15 is 0 Å².